The third-order valence-corrected chi connectivity index (χ3v) is 2.92. The number of guanidine groups is 1. The van der Waals surface area contributed by atoms with Gasteiger partial charge in [0.05, 0.1) is 12.2 Å². The summed E-state index contributed by atoms with van der Waals surface area (Å²) in [6, 6.07) is 0. The summed E-state index contributed by atoms with van der Waals surface area (Å²) >= 11 is 0. The minimum absolute atomic E-state index is 0. The van der Waals surface area contributed by atoms with Crippen molar-refractivity contribution in [3.05, 3.63) is 0 Å². The first-order chi connectivity index (χ1) is 8.95. The third kappa shape index (κ3) is 11.7. The number of rotatable bonds is 9. The average molecular weight is 402 g/mol. The summed E-state index contributed by atoms with van der Waals surface area (Å²) in [5.41, 5.74) is -0.202. The van der Waals surface area contributed by atoms with E-state index in [1.54, 1.807) is 21.3 Å². The quantitative estimate of drug-likeness (QED) is 0.339. The molecule has 0 rings (SSSR count). The second kappa shape index (κ2) is 12.6. The fourth-order valence-electron chi connectivity index (χ4n) is 1.31. The topological polar surface area (TPSA) is 58.1 Å². The number of aliphatic imine (C=N–C) groups is 1. The molecule has 7 heteroatoms. The van der Waals surface area contributed by atoms with Crippen molar-refractivity contribution in [2.75, 3.05) is 61.1 Å². The van der Waals surface area contributed by atoms with Crippen molar-refractivity contribution in [2.45, 2.75) is 19.4 Å². The van der Waals surface area contributed by atoms with Crippen molar-refractivity contribution in [3.8, 4) is 0 Å². The zero-order valence-electron chi connectivity index (χ0n) is 13.7. The maximum atomic E-state index is 5.35. The van der Waals surface area contributed by atoms with E-state index in [2.05, 4.69) is 27.6 Å². The van der Waals surface area contributed by atoms with Gasteiger partial charge in [0.1, 0.15) is 0 Å². The lowest BCUT2D eigenvalue weighted by atomic mass is 10.1. The Labute approximate surface area is 140 Å². The molecule has 122 valence electrons. The summed E-state index contributed by atoms with van der Waals surface area (Å²) in [5, 5.41) is 6.52. The third-order valence-electron chi connectivity index (χ3n) is 2.92. The van der Waals surface area contributed by atoms with Crippen molar-refractivity contribution in [1.82, 2.24) is 15.5 Å². The number of methoxy groups -OCH3 is 2. The SMILES string of the molecule is CN=C(NCCN(C)CCOC)NCC(C)(C)OC.I. The number of hydrogen-bond acceptors (Lipinski definition) is 4. The molecule has 0 aliphatic carbocycles. The highest BCUT2D eigenvalue weighted by Crippen LogP contribution is 2.04. The fraction of sp³-hybridized carbons (Fsp3) is 0.923. The lowest BCUT2D eigenvalue weighted by molar-refractivity contribution is 0.0268. The first-order valence-electron chi connectivity index (χ1n) is 6.62. The smallest absolute Gasteiger partial charge is 0.191 e. The van der Waals surface area contributed by atoms with Crippen LogP contribution in [0.4, 0.5) is 0 Å². The van der Waals surface area contributed by atoms with E-state index < -0.39 is 0 Å². The summed E-state index contributed by atoms with van der Waals surface area (Å²) in [5.74, 6) is 0.797. The molecule has 0 aliphatic heterocycles. The van der Waals surface area contributed by atoms with E-state index in [1.165, 1.54) is 0 Å². The zero-order chi connectivity index (χ0) is 14.7. The van der Waals surface area contributed by atoms with Crippen molar-refractivity contribution < 1.29 is 9.47 Å². The van der Waals surface area contributed by atoms with Gasteiger partial charge in [0.15, 0.2) is 5.96 Å². The lowest BCUT2D eigenvalue weighted by Crippen LogP contribution is -2.46. The van der Waals surface area contributed by atoms with Crippen molar-refractivity contribution in [1.29, 1.82) is 0 Å². The summed E-state index contributed by atoms with van der Waals surface area (Å²) in [7, 11) is 7.27. The van der Waals surface area contributed by atoms with E-state index in [0.717, 1.165) is 32.2 Å². The van der Waals surface area contributed by atoms with Crippen LogP contribution in [0.25, 0.3) is 0 Å². The Morgan fingerprint density at radius 3 is 2.35 bits per heavy atom. The molecule has 0 saturated carbocycles. The van der Waals surface area contributed by atoms with Crippen LogP contribution in [0.1, 0.15) is 13.8 Å². The number of halogens is 1. The van der Waals surface area contributed by atoms with Crippen LogP contribution in [0.15, 0.2) is 4.99 Å². The minimum Gasteiger partial charge on any atom is -0.383 e. The van der Waals surface area contributed by atoms with Crippen LogP contribution in [0.3, 0.4) is 0 Å². The Balaban J connectivity index is 0. The highest BCUT2D eigenvalue weighted by atomic mass is 127. The Morgan fingerprint density at radius 1 is 1.20 bits per heavy atom. The van der Waals surface area contributed by atoms with Gasteiger partial charge in [-0.05, 0) is 20.9 Å². The molecule has 2 N–H and O–H groups in total. The van der Waals surface area contributed by atoms with Gasteiger partial charge >= 0.3 is 0 Å². The Bertz CT molecular complexity index is 263. The van der Waals surface area contributed by atoms with Crippen molar-refractivity contribution in [3.63, 3.8) is 0 Å². The molecule has 0 spiro atoms. The fourth-order valence-corrected chi connectivity index (χ4v) is 1.31. The van der Waals surface area contributed by atoms with E-state index in [0.29, 0.717) is 6.54 Å². The molecule has 0 unspecified atom stereocenters. The molecule has 6 nitrogen and oxygen atoms in total. The molecule has 0 aromatic carbocycles. The van der Waals surface area contributed by atoms with Gasteiger partial charge in [-0.3, -0.25) is 4.99 Å². The van der Waals surface area contributed by atoms with Crippen molar-refractivity contribution >= 4 is 29.9 Å². The van der Waals surface area contributed by atoms with E-state index in [-0.39, 0.29) is 29.6 Å². The van der Waals surface area contributed by atoms with E-state index in [4.69, 9.17) is 9.47 Å². The molecular weight excluding hydrogens is 371 g/mol. The van der Waals surface area contributed by atoms with Gasteiger partial charge in [0.2, 0.25) is 0 Å². The average Bonchev–Trinajstić information content (AvgIpc) is 2.40. The van der Waals surface area contributed by atoms with Gasteiger partial charge in [0, 0.05) is 47.4 Å². The molecule has 0 bridgehead atoms. The molecule has 0 aromatic heterocycles. The van der Waals surface area contributed by atoms with Crippen LogP contribution in [0.5, 0.6) is 0 Å². The maximum absolute atomic E-state index is 5.35. The molecular formula is C13H31IN4O2. The van der Waals surface area contributed by atoms with Crippen LogP contribution in [-0.2, 0) is 9.47 Å². The summed E-state index contributed by atoms with van der Waals surface area (Å²) in [6.07, 6.45) is 0. The minimum atomic E-state index is -0.202. The Morgan fingerprint density at radius 2 is 1.85 bits per heavy atom. The van der Waals surface area contributed by atoms with E-state index >= 15 is 0 Å². The second-order valence-electron chi connectivity index (χ2n) is 5.11. The predicted molar refractivity (Wildman–Crippen MR) is 95.2 cm³/mol. The Hall–Kier alpha value is -0.120. The summed E-state index contributed by atoms with van der Waals surface area (Å²) in [6.45, 7) is 8.25. The maximum Gasteiger partial charge on any atom is 0.191 e. The molecule has 0 fully saturated rings. The van der Waals surface area contributed by atoms with Crippen LogP contribution in [0.2, 0.25) is 0 Å². The second-order valence-corrected chi connectivity index (χ2v) is 5.11. The molecule has 20 heavy (non-hydrogen) atoms. The van der Waals surface area contributed by atoms with Gasteiger partial charge in [-0.25, -0.2) is 0 Å². The van der Waals surface area contributed by atoms with E-state index in [1.807, 2.05) is 13.8 Å². The number of ether oxygens (including phenoxy) is 2. The monoisotopic (exact) mass is 402 g/mol. The number of likely N-dealkylation sites (N-methyl/N-ethyl adjacent to an activating group) is 1. The molecule has 0 amide bonds. The van der Waals surface area contributed by atoms with Crippen LogP contribution in [-0.4, -0.2) is 77.6 Å². The molecule has 0 heterocycles. The molecule has 0 aromatic rings. The molecule has 0 saturated heterocycles. The van der Waals surface area contributed by atoms with E-state index in [9.17, 15) is 0 Å². The van der Waals surface area contributed by atoms with Crippen LogP contribution >= 0.6 is 24.0 Å². The van der Waals surface area contributed by atoms with Gasteiger partial charge in [-0.2, -0.15) is 0 Å². The first-order valence-corrected chi connectivity index (χ1v) is 6.62. The number of nitrogens with one attached hydrogen (secondary N) is 2. The van der Waals surface area contributed by atoms with Gasteiger partial charge in [-0.15, -0.1) is 24.0 Å². The molecule has 0 radical (unpaired) electrons. The Kier molecular flexibility index (Phi) is 14.0. The van der Waals surface area contributed by atoms with Crippen LogP contribution < -0.4 is 10.6 Å². The number of hydrogen-bond donors (Lipinski definition) is 2. The highest BCUT2D eigenvalue weighted by molar-refractivity contribution is 14.0. The highest BCUT2D eigenvalue weighted by Gasteiger charge is 2.16. The largest absolute Gasteiger partial charge is 0.383 e. The summed E-state index contributed by atoms with van der Waals surface area (Å²) in [4.78, 5) is 6.39. The normalized spacial score (nSPS) is 12.2. The standard InChI is InChI=1S/C13H30N4O2.HI/c1-13(2,19-6)11-16-12(14-3)15-7-8-17(4)9-10-18-5;/h7-11H2,1-6H3,(H2,14,15,16);1H. The molecule has 0 aliphatic rings. The lowest BCUT2D eigenvalue weighted by Gasteiger charge is -2.24. The predicted octanol–water partition coefficient (Wildman–Crippen LogP) is 0.773. The van der Waals surface area contributed by atoms with Gasteiger partial charge in [-0.1, -0.05) is 0 Å². The zero-order valence-corrected chi connectivity index (χ0v) is 16.0. The van der Waals surface area contributed by atoms with Gasteiger partial charge in [0.25, 0.3) is 0 Å². The van der Waals surface area contributed by atoms with Crippen LogP contribution in [0, 0.1) is 0 Å². The molecule has 0 atom stereocenters. The van der Waals surface area contributed by atoms with Crippen molar-refractivity contribution in [2.24, 2.45) is 4.99 Å². The number of nitrogens with zero attached hydrogens (tertiary/aromatic N) is 2. The summed E-state index contributed by atoms with van der Waals surface area (Å²) < 4.78 is 10.4. The first kappa shape index (κ1) is 22.2. The van der Waals surface area contributed by atoms with Gasteiger partial charge < -0.3 is 25.0 Å².